The van der Waals surface area contributed by atoms with Crippen LogP contribution in [-0.2, 0) is 100 Å². The molecule has 0 aliphatic carbocycles. The molecule has 0 N–H and O–H groups in total. The van der Waals surface area contributed by atoms with Crippen LogP contribution in [0.3, 0.4) is 0 Å². The molecule has 0 aromatic heterocycles. The molecule has 5 unspecified atom stereocenters. The Morgan fingerprint density at radius 1 is 0.188 bits per heavy atom. The monoisotopic (exact) mass is 2170 g/mol. The lowest BCUT2D eigenvalue weighted by molar-refractivity contribution is -0.152. The Labute approximate surface area is 868 Å². The first-order valence-electron chi connectivity index (χ1n) is 40.4. The van der Waals surface area contributed by atoms with Crippen LogP contribution in [0.25, 0.3) is 0 Å². The molecule has 5 atom stereocenters. The quantitative estimate of drug-likeness (QED) is 0.0236. The maximum Gasteiger partial charge on any atom is 0.333 e. The molecule has 0 amide bonds. The van der Waals surface area contributed by atoms with E-state index in [0.29, 0.717) is 102 Å². The second-order valence-corrected chi connectivity index (χ2v) is 49.2. The van der Waals surface area contributed by atoms with Crippen molar-refractivity contribution in [3.05, 3.63) is 194 Å². The molecule has 0 radical (unpaired) electrons. The number of hydrogen-bond donors (Lipinski definition) is 0. The highest BCUT2D eigenvalue weighted by molar-refractivity contribution is 8.19. The van der Waals surface area contributed by atoms with Crippen LogP contribution in [-0.4, -0.2) is 260 Å². The van der Waals surface area contributed by atoms with E-state index in [0.717, 1.165) is 134 Å². The zero-order valence-corrected chi connectivity index (χ0v) is 94.4. The van der Waals surface area contributed by atoms with Crippen molar-refractivity contribution in [1.82, 2.24) is 0 Å². The molecule has 133 heavy (non-hydrogen) atoms. The Kier molecular flexibility index (Phi) is 86.3. The molecule has 0 fully saturated rings. The normalized spacial score (nSPS) is 11.5. The summed E-state index contributed by atoms with van der Waals surface area (Å²) in [6, 6.07) is 0. The molecule has 0 bridgehead atoms. The minimum absolute atomic E-state index is 0.00684. The van der Waals surface area contributed by atoms with Gasteiger partial charge in [-0.05, 0) is 172 Å². The SMILES string of the molecule is C=C(C)C(=O)OC(CSC(=O)C(=C)C)CSC(=O)C(=C)C.C=C(C)C(=O)OCC(CSC(=O)C(=C)C)OC(=O)C(=C)C.C=C(C)C(=O)OCC(CSC(=O)C(=C)C)SC(=O)C(=C)C.C=C(C)C(=O)OCC(CSCCSCCSC(=O)C(=C)C)SCCSCCSC(=O)C(=C)C.C=C(C)C(=O)SCCSC(CSCC(CSC(=O)C(=C)C)SCCSC(=O)C(=C)C)CSC(=O)C(=C)C. The molecule has 0 aliphatic rings. The first kappa shape index (κ1) is 137. The van der Waals surface area contributed by atoms with Crippen molar-refractivity contribution in [1.29, 1.82) is 0 Å². The predicted octanol–water partition coefficient (Wildman–Crippen LogP) is 22.1. The van der Waals surface area contributed by atoms with Crippen molar-refractivity contribution in [2.24, 2.45) is 0 Å². The van der Waals surface area contributed by atoms with Crippen molar-refractivity contribution >= 4 is 298 Å². The molecule has 744 valence electrons. The van der Waals surface area contributed by atoms with Crippen LogP contribution in [0.4, 0.5) is 0 Å². The van der Waals surface area contributed by atoms with Crippen LogP contribution in [0, 0.1) is 0 Å². The zero-order valence-electron chi connectivity index (χ0n) is 79.7. The molecule has 21 nitrogen and oxygen atoms in total. The maximum absolute atomic E-state index is 12.1. The van der Waals surface area contributed by atoms with Gasteiger partial charge < -0.3 is 23.7 Å². The van der Waals surface area contributed by atoms with Crippen molar-refractivity contribution in [2.75, 3.05) is 141 Å². The number of esters is 5. The second kappa shape index (κ2) is 83.6. The number of hydrogen-bond acceptors (Lipinski definition) is 39. The number of carbonyl (C=O) groups excluding carboxylic acids is 16. The van der Waals surface area contributed by atoms with Crippen molar-refractivity contribution in [2.45, 2.75) is 144 Å². The first-order chi connectivity index (χ1) is 61.9. The minimum atomic E-state index is -0.745. The third-order valence-electron chi connectivity index (χ3n) is 14.1. The third-order valence-corrected chi connectivity index (χ3v) is 37.3. The molecule has 0 spiro atoms. The van der Waals surface area contributed by atoms with Crippen LogP contribution in [0.5, 0.6) is 0 Å². The fourth-order valence-corrected chi connectivity index (χ4v) is 25.6. The van der Waals surface area contributed by atoms with Gasteiger partial charge in [0.05, 0.1) is 5.25 Å². The van der Waals surface area contributed by atoms with E-state index in [9.17, 15) is 76.7 Å². The van der Waals surface area contributed by atoms with Crippen LogP contribution < -0.4 is 0 Å². The summed E-state index contributed by atoms with van der Waals surface area (Å²) in [7, 11) is 0. The highest BCUT2D eigenvalue weighted by Crippen LogP contribution is 2.31. The van der Waals surface area contributed by atoms with Crippen LogP contribution in [0.2, 0.25) is 0 Å². The molecule has 0 aromatic rings. The van der Waals surface area contributed by atoms with E-state index in [1.807, 2.05) is 58.8 Å². The van der Waals surface area contributed by atoms with Crippen LogP contribution in [0.15, 0.2) is 194 Å². The number of rotatable bonds is 64. The van der Waals surface area contributed by atoms with Gasteiger partial charge >= 0.3 is 29.8 Å². The number of carbonyl (C=O) groups is 16. The Morgan fingerprint density at radius 3 is 0.699 bits per heavy atom. The average molecular weight is 2180 g/mol. The number of ether oxygens (including phenoxy) is 5. The summed E-state index contributed by atoms with van der Waals surface area (Å²) in [5.41, 5.74) is 6.94. The summed E-state index contributed by atoms with van der Waals surface area (Å²) in [5, 5.41) is -0.267. The Hall–Kier alpha value is -4.14. The van der Waals surface area contributed by atoms with Gasteiger partial charge in [0, 0.05) is 164 Å². The zero-order chi connectivity index (χ0) is 103. The molecule has 0 aliphatic heterocycles. The lowest BCUT2D eigenvalue weighted by atomic mass is 10.3. The summed E-state index contributed by atoms with van der Waals surface area (Å²) in [5.74, 6) is 13.0. The van der Waals surface area contributed by atoms with E-state index >= 15 is 0 Å². The van der Waals surface area contributed by atoms with Crippen molar-refractivity contribution in [3.8, 4) is 0 Å². The fraction of sp³-hybridized carbons (Fsp3) is 0.489. The van der Waals surface area contributed by atoms with Gasteiger partial charge in [-0.15, -0.1) is 0 Å². The summed E-state index contributed by atoms with van der Waals surface area (Å²) in [6.45, 7) is 84.0. The van der Waals surface area contributed by atoms with Gasteiger partial charge in [-0.1, -0.05) is 235 Å². The van der Waals surface area contributed by atoms with Crippen LogP contribution >= 0.6 is 212 Å². The van der Waals surface area contributed by atoms with Crippen LogP contribution in [0.1, 0.15) is 111 Å². The van der Waals surface area contributed by atoms with Crippen molar-refractivity contribution in [3.63, 3.8) is 0 Å². The predicted molar refractivity (Wildman–Crippen MR) is 599 cm³/mol. The van der Waals surface area contributed by atoms with Gasteiger partial charge in [-0.3, -0.25) is 52.7 Å². The van der Waals surface area contributed by atoms with E-state index in [4.69, 9.17) is 23.7 Å². The van der Waals surface area contributed by atoms with Gasteiger partial charge in [-0.2, -0.15) is 82.3 Å². The lowest BCUT2D eigenvalue weighted by Crippen LogP contribution is -2.28. The van der Waals surface area contributed by atoms with Gasteiger partial charge in [0.15, 0.2) is 0 Å². The Morgan fingerprint density at radius 2 is 0.398 bits per heavy atom. The highest BCUT2D eigenvalue weighted by Gasteiger charge is 2.26. The second-order valence-electron chi connectivity index (χ2n) is 28.8. The van der Waals surface area contributed by atoms with Crippen molar-refractivity contribution < 1.29 is 100 Å². The average Bonchev–Trinajstić information content (AvgIpc) is 0.912. The van der Waals surface area contributed by atoms with E-state index in [1.54, 1.807) is 114 Å². The number of thioether (sulfide) groups is 18. The highest BCUT2D eigenvalue weighted by atomic mass is 32.2. The lowest BCUT2D eigenvalue weighted by Gasteiger charge is -2.19. The minimum Gasteiger partial charge on any atom is -0.461 e. The van der Waals surface area contributed by atoms with E-state index in [-0.39, 0.29) is 136 Å². The summed E-state index contributed by atoms with van der Waals surface area (Å²) in [6.07, 6.45) is -1.30. The maximum atomic E-state index is 12.1. The standard InChI is InChI=1S/C26H38O4S7.C23H36O4S6.C15H20O5S.2C15H20O4S2/c1-17(2)23(27)34-11-9-32-21(15-36-25(29)19(5)6)13-31-14-22(16-37-26(30)20(7)8)33-10-12-35-24(28)18(3)4;1-17(2)21(24)27-15-20(31-12-9-29-11-14-33-23(26)19(5)6)16-30-8-7-28-10-13-32-22(25)18(3)4;1-9(2)13(16)19-7-12(20-14(17)10(3)4)8-21-15(18)11(5)6;1-9(2)13(16)19-12(7-20-14(17)10(3)4)8-21-15(18)11(5)6;1-9(2)13(16)19-7-12(21-15(18)11(5)6)8-20-14(17)10(3)4/h21-22H,1,3,5,7,9-16H2,2,4,6,8H3;20H,1,3,5,7-16H2,2,4,6H3;3*12H,1,3,5,7-8H2,2,4,6H3. The smallest absolute Gasteiger partial charge is 0.333 e. The van der Waals surface area contributed by atoms with E-state index < -0.39 is 36.1 Å². The molecule has 0 heterocycles. The first-order valence-corrected chi connectivity index (χ1v) is 58.9. The third kappa shape index (κ3) is 81.3. The largest absolute Gasteiger partial charge is 0.461 e. The van der Waals surface area contributed by atoms with E-state index in [2.05, 4.69) is 105 Å². The van der Waals surface area contributed by atoms with E-state index in [1.165, 1.54) is 91.3 Å². The molecule has 0 saturated carbocycles. The fourth-order valence-electron chi connectivity index (χ4n) is 6.88. The Balaban J connectivity index is -0.000000525. The molecule has 0 aromatic carbocycles. The summed E-state index contributed by atoms with van der Waals surface area (Å²) in [4.78, 5) is 186. The van der Waals surface area contributed by atoms with Gasteiger partial charge in [0.25, 0.3) is 0 Å². The summed E-state index contributed by atoms with van der Waals surface area (Å²) >= 11 is 25.6. The van der Waals surface area contributed by atoms with Gasteiger partial charge in [-0.25, -0.2) is 24.0 Å². The molecule has 0 rings (SSSR count). The molecule has 39 heteroatoms. The topological polar surface area (TPSA) is 319 Å². The summed E-state index contributed by atoms with van der Waals surface area (Å²) < 4.78 is 25.7. The molecular weight excluding hydrogens is 2040 g/mol. The Bertz CT molecular complexity index is 3770. The molecular formula is C94H134O21S18. The molecule has 0 saturated heterocycles. The van der Waals surface area contributed by atoms with Gasteiger partial charge in [0.1, 0.15) is 32.0 Å². The van der Waals surface area contributed by atoms with Gasteiger partial charge in [0.2, 0.25) is 56.3 Å².